The van der Waals surface area contributed by atoms with E-state index in [0.717, 1.165) is 35.5 Å². The Bertz CT molecular complexity index is 1360. The molecule has 0 heterocycles. The second kappa shape index (κ2) is 11.6. The van der Waals surface area contributed by atoms with Gasteiger partial charge in [0, 0.05) is 55.5 Å². The summed E-state index contributed by atoms with van der Waals surface area (Å²) in [5.41, 5.74) is 8.47. The van der Waals surface area contributed by atoms with E-state index in [9.17, 15) is 4.79 Å². The smallest absolute Gasteiger partial charge is 0.173 e. The summed E-state index contributed by atoms with van der Waals surface area (Å²) in [6.45, 7) is 1.20. The zero-order valence-corrected chi connectivity index (χ0v) is 23.4. The minimum absolute atomic E-state index is 0.0798. The first kappa shape index (κ1) is 26.4. The number of methoxy groups -OCH3 is 2. The Hall–Kier alpha value is -3.25. The lowest BCUT2D eigenvalue weighted by Crippen LogP contribution is -2.29. The van der Waals surface area contributed by atoms with Crippen molar-refractivity contribution in [3.05, 3.63) is 114 Å². The average Bonchev–Trinajstić information content (AvgIpc) is 3.24. The van der Waals surface area contributed by atoms with E-state index in [1.54, 1.807) is 14.2 Å². The number of hydrogen-bond donors (Lipinski definition) is 0. The van der Waals surface area contributed by atoms with Crippen LogP contribution in [0.2, 0.25) is 0 Å². The predicted molar refractivity (Wildman–Crippen MR) is 158 cm³/mol. The number of para-hydroxylation sites is 2. The largest absolute Gasteiger partial charge is 0.385 e. The Morgan fingerprint density at radius 3 is 1.76 bits per heavy atom. The van der Waals surface area contributed by atoms with Gasteiger partial charge < -0.3 is 14.4 Å². The Balaban J connectivity index is 1.72. The van der Waals surface area contributed by atoms with Crippen molar-refractivity contribution in [2.45, 2.75) is 18.3 Å². The van der Waals surface area contributed by atoms with Crippen LogP contribution in [0.3, 0.4) is 0 Å². The van der Waals surface area contributed by atoms with Gasteiger partial charge >= 0.3 is 0 Å². The molecule has 1 aliphatic carbocycles. The maximum Gasteiger partial charge on any atom is 0.173 e. The van der Waals surface area contributed by atoms with Crippen LogP contribution in [-0.4, -0.2) is 38.5 Å². The zero-order valence-electron chi connectivity index (χ0n) is 21.8. The number of anilines is 3. The third kappa shape index (κ3) is 4.82. The van der Waals surface area contributed by atoms with Crippen molar-refractivity contribution in [2.75, 3.05) is 37.7 Å². The van der Waals surface area contributed by atoms with Crippen molar-refractivity contribution in [1.82, 2.24) is 0 Å². The molecule has 0 N–H and O–H groups in total. The second-order valence-corrected chi connectivity index (χ2v) is 10.2. The summed E-state index contributed by atoms with van der Waals surface area (Å²) in [5, 5.41) is 0.301. The lowest BCUT2D eigenvalue weighted by Gasteiger charge is -2.33. The molecule has 5 rings (SSSR count). The first-order valence-corrected chi connectivity index (χ1v) is 14.0. The molecular formula is C33H32BrNO3. The van der Waals surface area contributed by atoms with Gasteiger partial charge in [0.05, 0.1) is 5.33 Å². The first-order chi connectivity index (χ1) is 18.6. The van der Waals surface area contributed by atoms with Crippen LogP contribution in [0.4, 0.5) is 17.1 Å². The Labute approximate surface area is 233 Å². The summed E-state index contributed by atoms with van der Waals surface area (Å²) in [4.78, 5) is 15.0. The molecule has 0 aromatic heterocycles. The molecule has 0 unspecified atom stereocenters. The van der Waals surface area contributed by atoms with E-state index in [1.807, 2.05) is 18.2 Å². The molecule has 0 saturated heterocycles. The minimum atomic E-state index is -0.339. The molecule has 5 heteroatoms. The molecule has 38 heavy (non-hydrogen) atoms. The molecule has 0 bridgehead atoms. The van der Waals surface area contributed by atoms with E-state index in [1.165, 1.54) is 22.3 Å². The normalized spacial score (nSPS) is 13.1. The monoisotopic (exact) mass is 569 g/mol. The highest BCUT2D eigenvalue weighted by molar-refractivity contribution is 9.09. The molecule has 0 spiro atoms. The lowest BCUT2D eigenvalue weighted by molar-refractivity contribution is 0.102. The standard InChI is InChI=1S/C33H32BrNO3/c1-37-19-17-33(18-20-38-2)30-21-24(32(36)23-34)13-15-28(30)29-16-14-27(22-31(29)33)35(25-9-5-3-6-10-25)26-11-7-4-8-12-26/h3-16,21-22H,17-20,23H2,1-2H3. The maximum absolute atomic E-state index is 12.7. The van der Waals surface area contributed by atoms with Crippen LogP contribution in [0.5, 0.6) is 0 Å². The van der Waals surface area contributed by atoms with Crippen LogP contribution in [0, 0.1) is 0 Å². The van der Waals surface area contributed by atoms with Crippen molar-refractivity contribution in [2.24, 2.45) is 0 Å². The number of carbonyl (C=O) groups is 1. The number of ketones is 1. The fourth-order valence-electron chi connectivity index (χ4n) is 5.69. The van der Waals surface area contributed by atoms with Gasteiger partial charge in [0.2, 0.25) is 0 Å². The number of nitrogens with zero attached hydrogens (tertiary/aromatic N) is 1. The van der Waals surface area contributed by atoms with Crippen molar-refractivity contribution >= 4 is 38.8 Å². The third-order valence-electron chi connectivity index (χ3n) is 7.54. The number of alkyl halides is 1. The molecule has 0 amide bonds. The second-order valence-electron chi connectivity index (χ2n) is 9.62. The molecule has 194 valence electrons. The van der Waals surface area contributed by atoms with Crippen LogP contribution in [0.15, 0.2) is 97.1 Å². The zero-order chi connectivity index (χ0) is 26.5. The number of carbonyl (C=O) groups excluding carboxylic acids is 1. The van der Waals surface area contributed by atoms with E-state index < -0.39 is 0 Å². The van der Waals surface area contributed by atoms with Crippen LogP contribution >= 0.6 is 15.9 Å². The molecule has 0 aliphatic heterocycles. The van der Waals surface area contributed by atoms with Gasteiger partial charge in [-0.2, -0.15) is 0 Å². The number of ether oxygens (including phenoxy) is 2. The number of rotatable bonds is 11. The number of hydrogen-bond acceptors (Lipinski definition) is 4. The Morgan fingerprint density at radius 2 is 1.24 bits per heavy atom. The highest BCUT2D eigenvalue weighted by Gasteiger charge is 2.43. The quantitative estimate of drug-likeness (QED) is 0.135. The SMILES string of the molecule is COCCC1(CCOC)c2cc(C(=O)CBr)ccc2-c2ccc(N(c3ccccc3)c3ccccc3)cc21. The summed E-state index contributed by atoms with van der Waals surface area (Å²) in [6.07, 6.45) is 1.58. The topological polar surface area (TPSA) is 38.8 Å². The molecule has 0 radical (unpaired) electrons. The van der Waals surface area contributed by atoms with E-state index in [-0.39, 0.29) is 11.2 Å². The summed E-state index contributed by atoms with van der Waals surface area (Å²) in [7, 11) is 3.49. The fraction of sp³-hybridized carbons (Fsp3) is 0.242. The molecule has 4 aromatic carbocycles. The number of fused-ring (bicyclic) bond motifs is 3. The summed E-state index contributed by atoms with van der Waals surface area (Å²) < 4.78 is 11.3. The maximum atomic E-state index is 12.7. The predicted octanol–water partition coefficient (Wildman–Crippen LogP) is 8.07. The lowest BCUT2D eigenvalue weighted by atomic mass is 9.72. The minimum Gasteiger partial charge on any atom is -0.385 e. The molecule has 0 atom stereocenters. The Morgan fingerprint density at radius 1 is 0.711 bits per heavy atom. The van der Waals surface area contributed by atoms with Crippen LogP contribution in [0.25, 0.3) is 11.1 Å². The van der Waals surface area contributed by atoms with E-state index in [0.29, 0.717) is 18.5 Å². The van der Waals surface area contributed by atoms with Crippen LogP contribution in [0.1, 0.15) is 34.3 Å². The Kier molecular flexibility index (Phi) is 8.08. The highest BCUT2D eigenvalue weighted by atomic mass is 79.9. The molecule has 1 aliphatic rings. The number of Topliss-reactive ketones (excluding diaryl/α,β-unsaturated/α-hetero) is 1. The van der Waals surface area contributed by atoms with Gasteiger partial charge in [0.25, 0.3) is 0 Å². The first-order valence-electron chi connectivity index (χ1n) is 12.9. The van der Waals surface area contributed by atoms with Crippen LogP contribution in [-0.2, 0) is 14.9 Å². The van der Waals surface area contributed by atoms with Gasteiger partial charge in [0.1, 0.15) is 0 Å². The highest BCUT2D eigenvalue weighted by Crippen LogP contribution is 2.54. The number of halogens is 1. The van der Waals surface area contributed by atoms with Gasteiger partial charge in [0.15, 0.2) is 5.78 Å². The van der Waals surface area contributed by atoms with Crippen molar-refractivity contribution < 1.29 is 14.3 Å². The van der Waals surface area contributed by atoms with Crippen molar-refractivity contribution in [1.29, 1.82) is 0 Å². The van der Waals surface area contributed by atoms with E-state index in [2.05, 4.69) is 99.7 Å². The third-order valence-corrected chi connectivity index (χ3v) is 8.05. The summed E-state index contributed by atoms with van der Waals surface area (Å²) >= 11 is 3.35. The van der Waals surface area contributed by atoms with Crippen molar-refractivity contribution in [3.8, 4) is 11.1 Å². The summed E-state index contributed by atoms with van der Waals surface area (Å²) in [6, 6.07) is 33.8. The van der Waals surface area contributed by atoms with Crippen LogP contribution < -0.4 is 4.90 Å². The average molecular weight is 571 g/mol. The van der Waals surface area contributed by atoms with E-state index in [4.69, 9.17) is 9.47 Å². The van der Waals surface area contributed by atoms with Gasteiger partial charge in [-0.1, -0.05) is 70.5 Å². The summed E-state index contributed by atoms with van der Waals surface area (Å²) in [5.74, 6) is 0.0798. The van der Waals surface area contributed by atoms with Gasteiger partial charge in [-0.05, 0) is 77.6 Å². The molecule has 4 nitrogen and oxygen atoms in total. The van der Waals surface area contributed by atoms with Gasteiger partial charge in [-0.15, -0.1) is 0 Å². The fourth-order valence-corrected chi connectivity index (χ4v) is 6.01. The van der Waals surface area contributed by atoms with Gasteiger partial charge in [-0.3, -0.25) is 4.79 Å². The van der Waals surface area contributed by atoms with Crippen molar-refractivity contribution in [3.63, 3.8) is 0 Å². The molecule has 0 saturated carbocycles. The molecular weight excluding hydrogens is 538 g/mol. The number of benzene rings is 4. The van der Waals surface area contributed by atoms with Gasteiger partial charge in [-0.25, -0.2) is 0 Å². The molecule has 4 aromatic rings. The molecule has 0 fully saturated rings. The van der Waals surface area contributed by atoms with E-state index >= 15 is 0 Å².